The summed E-state index contributed by atoms with van der Waals surface area (Å²) in [6, 6.07) is 8.49. The van der Waals surface area contributed by atoms with Crippen LogP contribution in [0.25, 0.3) is 0 Å². The summed E-state index contributed by atoms with van der Waals surface area (Å²) >= 11 is 1.77. The lowest BCUT2D eigenvalue weighted by molar-refractivity contribution is 0.552. The standard InChI is InChI=1S/C15H22N2S/c1-4-7-18-15-6-5-13(8-14(15)9-16)11-17-10-12(2)3/h5-6,8,12,17H,4,7,10-11H2,1-3H3. The molecule has 0 spiro atoms. The van der Waals surface area contributed by atoms with E-state index in [1.54, 1.807) is 11.8 Å². The van der Waals surface area contributed by atoms with Gasteiger partial charge in [0.1, 0.15) is 6.07 Å². The molecule has 3 heteroatoms. The summed E-state index contributed by atoms with van der Waals surface area (Å²) in [4.78, 5) is 1.10. The van der Waals surface area contributed by atoms with Gasteiger partial charge < -0.3 is 5.32 Å². The van der Waals surface area contributed by atoms with Gasteiger partial charge >= 0.3 is 0 Å². The van der Waals surface area contributed by atoms with Gasteiger partial charge in [0, 0.05) is 11.4 Å². The molecule has 1 aromatic rings. The van der Waals surface area contributed by atoms with E-state index in [-0.39, 0.29) is 0 Å². The fourth-order valence-corrected chi connectivity index (χ4v) is 2.47. The monoisotopic (exact) mass is 262 g/mol. The van der Waals surface area contributed by atoms with Gasteiger partial charge in [0.25, 0.3) is 0 Å². The molecule has 0 bridgehead atoms. The van der Waals surface area contributed by atoms with Crippen molar-refractivity contribution in [3.05, 3.63) is 29.3 Å². The van der Waals surface area contributed by atoms with Crippen molar-refractivity contribution in [2.75, 3.05) is 12.3 Å². The molecule has 0 aliphatic heterocycles. The number of thioether (sulfide) groups is 1. The zero-order valence-electron chi connectivity index (χ0n) is 11.5. The van der Waals surface area contributed by atoms with Crippen LogP contribution in [0.2, 0.25) is 0 Å². The van der Waals surface area contributed by atoms with Crippen molar-refractivity contribution in [3.8, 4) is 6.07 Å². The predicted octanol–water partition coefficient (Wildman–Crippen LogP) is 3.81. The minimum absolute atomic E-state index is 0.653. The average Bonchev–Trinajstić information content (AvgIpc) is 2.36. The van der Waals surface area contributed by atoms with E-state index in [1.807, 2.05) is 6.07 Å². The first-order valence-electron chi connectivity index (χ1n) is 6.54. The Bertz CT molecular complexity index is 407. The smallest absolute Gasteiger partial charge is 0.100 e. The third-order valence-corrected chi connectivity index (χ3v) is 3.79. The largest absolute Gasteiger partial charge is 0.312 e. The van der Waals surface area contributed by atoms with Gasteiger partial charge in [0.15, 0.2) is 0 Å². The second kappa shape index (κ2) is 8.18. The molecule has 98 valence electrons. The third-order valence-electron chi connectivity index (χ3n) is 2.51. The van der Waals surface area contributed by atoms with Crippen molar-refractivity contribution in [1.82, 2.24) is 5.32 Å². The maximum Gasteiger partial charge on any atom is 0.100 e. The fourth-order valence-electron chi connectivity index (χ4n) is 1.62. The second-order valence-corrected chi connectivity index (χ2v) is 5.95. The summed E-state index contributed by atoms with van der Waals surface area (Å²) in [6.45, 7) is 8.39. The molecule has 0 saturated carbocycles. The van der Waals surface area contributed by atoms with Gasteiger partial charge in [-0.3, -0.25) is 0 Å². The second-order valence-electron chi connectivity index (χ2n) is 4.82. The van der Waals surface area contributed by atoms with E-state index in [0.29, 0.717) is 5.92 Å². The summed E-state index contributed by atoms with van der Waals surface area (Å²) in [5.41, 5.74) is 1.99. The summed E-state index contributed by atoms with van der Waals surface area (Å²) in [7, 11) is 0. The first-order chi connectivity index (χ1) is 8.67. The molecular weight excluding hydrogens is 240 g/mol. The zero-order valence-corrected chi connectivity index (χ0v) is 12.3. The van der Waals surface area contributed by atoms with Crippen molar-refractivity contribution in [3.63, 3.8) is 0 Å². The van der Waals surface area contributed by atoms with E-state index in [1.165, 1.54) is 5.56 Å². The van der Waals surface area contributed by atoms with Crippen LogP contribution in [0.3, 0.4) is 0 Å². The Labute approximate surface area is 115 Å². The van der Waals surface area contributed by atoms with Gasteiger partial charge in [0.2, 0.25) is 0 Å². The van der Waals surface area contributed by atoms with Crippen LogP contribution in [0.4, 0.5) is 0 Å². The van der Waals surface area contributed by atoms with Crippen molar-refractivity contribution in [2.45, 2.75) is 38.6 Å². The van der Waals surface area contributed by atoms with Gasteiger partial charge in [0.05, 0.1) is 5.56 Å². The first kappa shape index (κ1) is 15.1. The highest BCUT2D eigenvalue weighted by molar-refractivity contribution is 7.99. The molecule has 1 N–H and O–H groups in total. The van der Waals surface area contributed by atoms with Crippen molar-refractivity contribution >= 4 is 11.8 Å². The molecule has 0 aliphatic carbocycles. The summed E-state index contributed by atoms with van der Waals surface area (Å²) in [5, 5.41) is 12.6. The fraction of sp³-hybridized carbons (Fsp3) is 0.533. The molecular formula is C15H22N2S. The maximum absolute atomic E-state index is 9.17. The van der Waals surface area contributed by atoms with Crippen LogP contribution in [-0.4, -0.2) is 12.3 Å². The molecule has 0 fully saturated rings. The Kier molecular flexibility index (Phi) is 6.85. The zero-order chi connectivity index (χ0) is 13.4. The molecule has 1 rings (SSSR count). The molecule has 0 aliphatic rings. The molecule has 2 nitrogen and oxygen atoms in total. The lowest BCUT2D eigenvalue weighted by atomic mass is 10.1. The van der Waals surface area contributed by atoms with Crippen molar-refractivity contribution < 1.29 is 0 Å². The molecule has 0 amide bonds. The Morgan fingerprint density at radius 1 is 1.39 bits per heavy atom. The van der Waals surface area contributed by atoms with Gasteiger partial charge in [-0.1, -0.05) is 26.8 Å². The first-order valence-corrected chi connectivity index (χ1v) is 7.52. The van der Waals surface area contributed by atoms with Crippen molar-refractivity contribution in [1.29, 1.82) is 5.26 Å². The molecule has 1 aromatic carbocycles. The maximum atomic E-state index is 9.17. The number of hydrogen-bond acceptors (Lipinski definition) is 3. The highest BCUT2D eigenvalue weighted by Gasteiger charge is 2.04. The number of nitriles is 1. The average molecular weight is 262 g/mol. The molecule has 0 unspecified atom stereocenters. The van der Waals surface area contributed by atoms with Gasteiger partial charge in [-0.15, -0.1) is 11.8 Å². The van der Waals surface area contributed by atoms with Gasteiger partial charge in [-0.2, -0.15) is 5.26 Å². The van der Waals surface area contributed by atoms with Crippen LogP contribution < -0.4 is 5.32 Å². The van der Waals surface area contributed by atoms with Crippen LogP contribution in [0.1, 0.15) is 38.3 Å². The topological polar surface area (TPSA) is 35.8 Å². The molecule has 0 radical (unpaired) electrons. The number of benzene rings is 1. The predicted molar refractivity (Wildman–Crippen MR) is 78.7 cm³/mol. The van der Waals surface area contributed by atoms with Crippen LogP contribution in [0.5, 0.6) is 0 Å². The molecule has 0 aromatic heterocycles. The number of hydrogen-bond donors (Lipinski definition) is 1. The van der Waals surface area contributed by atoms with Gasteiger partial charge in [-0.25, -0.2) is 0 Å². The summed E-state index contributed by atoms with van der Waals surface area (Å²) in [6.07, 6.45) is 1.13. The van der Waals surface area contributed by atoms with E-state index >= 15 is 0 Å². The molecule has 0 heterocycles. The number of nitrogens with zero attached hydrogens (tertiary/aromatic N) is 1. The molecule has 0 saturated heterocycles. The minimum Gasteiger partial charge on any atom is -0.312 e. The Morgan fingerprint density at radius 3 is 2.78 bits per heavy atom. The number of nitrogens with one attached hydrogen (secondary N) is 1. The van der Waals surface area contributed by atoms with E-state index in [4.69, 9.17) is 0 Å². The third kappa shape index (κ3) is 5.12. The number of rotatable bonds is 7. The highest BCUT2D eigenvalue weighted by atomic mass is 32.2. The highest BCUT2D eigenvalue weighted by Crippen LogP contribution is 2.24. The Balaban J connectivity index is 2.64. The van der Waals surface area contributed by atoms with Crippen LogP contribution in [0, 0.1) is 17.2 Å². The van der Waals surface area contributed by atoms with E-state index < -0.39 is 0 Å². The van der Waals surface area contributed by atoms with E-state index in [9.17, 15) is 5.26 Å². The van der Waals surface area contributed by atoms with Crippen molar-refractivity contribution in [2.24, 2.45) is 5.92 Å². The quantitative estimate of drug-likeness (QED) is 0.759. The Morgan fingerprint density at radius 2 is 2.17 bits per heavy atom. The normalized spacial score (nSPS) is 10.6. The molecule has 18 heavy (non-hydrogen) atoms. The van der Waals surface area contributed by atoms with Crippen LogP contribution in [-0.2, 0) is 6.54 Å². The van der Waals surface area contributed by atoms with Gasteiger partial charge in [-0.05, 0) is 42.3 Å². The van der Waals surface area contributed by atoms with E-state index in [2.05, 4.69) is 44.3 Å². The SMILES string of the molecule is CCCSc1ccc(CNCC(C)C)cc1C#N. The van der Waals surface area contributed by atoms with Crippen LogP contribution in [0.15, 0.2) is 23.1 Å². The van der Waals surface area contributed by atoms with Crippen LogP contribution >= 0.6 is 11.8 Å². The summed E-state index contributed by atoms with van der Waals surface area (Å²) < 4.78 is 0. The lowest BCUT2D eigenvalue weighted by Crippen LogP contribution is -2.18. The Hall–Kier alpha value is -0.980. The minimum atomic E-state index is 0.653. The van der Waals surface area contributed by atoms with E-state index in [0.717, 1.165) is 35.7 Å². The molecule has 0 atom stereocenters. The summed E-state index contributed by atoms with van der Waals surface area (Å²) in [5.74, 6) is 1.72. The lowest BCUT2D eigenvalue weighted by Gasteiger charge is -2.09.